The highest BCUT2D eigenvalue weighted by Crippen LogP contribution is 2.41. The highest BCUT2D eigenvalue weighted by Gasteiger charge is 2.19. The van der Waals surface area contributed by atoms with Crippen molar-refractivity contribution >= 4 is 77.7 Å². The molecule has 3 heterocycles. The van der Waals surface area contributed by atoms with Crippen molar-refractivity contribution < 1.29 is 0 Å². The quantitative estimate of drug-likeness (QED) is 0.136. The predicted molar refractivity (Wildman–Crippen MR) is 272 cm³/mol. The Kier molecular flexibility index (Phi) is 9.42. The van der Waals surface area contributed by atoms with Crippen molar-refractivity contribution in [2.75, 3.05) is 9.80 Å². The normalized spacial score (nSPS) is 11.4. The summed E-state index contributed by atoms with van der Waals surface area (Å²) in [5.74, 6) is 0. The smallest absolute Gasteiger partial charge is 0.0985 e. The molecule has 0 amide bonds. The van der Waals surface area contributed by atoms with Gasteiger partial charge in [-0.2, -0.15) is 0 Å². The number of hydrogen-bond acceptors (Lipinski definition) is 4. The zero-order valence-corrected chi connectivity index (χ0v) is 35.4. The van der Waals surface area contributed by atoms with Crippen LogP contribution in [0.1, 0.15) is 0 Å². The maximum atomic E-state index is 4.88. The van der Waals surface area contributed by atoms with Gasteiger partial charge in [-0.1, -0.05) is 121 Å². The summed E-state index contributed by atoms with van der Waals surface area (Å²) in [4.78, 5) is 14.3. The maximum Gasteiger partial charge on any atom is 0.0985 e. The zero-order valence-electron chi connectivity index (χ0n) is 35.4. The van der Waals surface area contributed by atoms with Gasteiger partial charge < -0.3 is 14.4 Å². The van der Waals surface area contributed by atoms with E-state index >= 15 is 0 Å². The molecule has 306 valence electrons. The summed E-state index contributed by atoms with van der Waals surface area (Å²) in [6.07, 6.45) is 3.76. The molecule has 0 radical (unpaired) electrons. The Labute approximate surface area is 377 Å². The average Bonchev–Trinajstić information content (AvgIpc) is 3.71. The third-order valence-electron chi connectivity index (χ3n) is 12.4. The second kappa shape index (κ2) is 16.2. The van der Waals surface area contributed by atoms with Crippen LogP contribution in [-0.2, 0) is 0 Å². The monoisotopic (exact) mass is 831 g/mol. The summed E-state index contributed by atoms with van der Waals surface area (Å²) in [5.41, 5.74) is 16.4. The van der Waals surface area contributed by atoms with E-state index in [-0.39, 0.29) is 0 Å². The number of rotatable bonds is 9. The van der Waals surface area contributed by atoms with Crippen molar-refractivity contribution in [2.24, 2.45) is 0 Å². The molecular formula is C60H41N5. The Morgan fingerprint density at radius 3 is 1.17 bits per heavy atom. The number of fused-ring (bicyclic) bond motifs is 6. The van der Waals surface area contributed by atoms with Crippen LogP contribution in [-0.4, -0.2) is 14.5 Å². The van der Waals surface area contributed by atoms with Crippen molar-refractivity contribution in [3.8, 4) is 27.9 Å². The number of nitrogens with zero attached hydrogens (tertiary/aromatic N) is 5. The van der Waals surface area contributed by atoms with Gasteiger partial charge in [-0.25, -0.2) is 0 Å². The van der Waals surface area contributed by atoms with Gasteiger partial charge in [0, 0.05) is 68.1 Å². The molecule has 0 aliphatic rings. The van der Waals surface area contributed by atoms with E-state index < -0.39 is 0 Å². The maximum absolute atomic E-state index is 4.88. The zero-order chi connectivity index (χ0) is 43.1. The molecule has 0 aliphatic carbocycles. The fourth-order valence-electron chi connectivity index (χ4n) is 9.38. The van der Waals surface area contributed by atoms with E-state index in [1.807, 2.05) is 18.5 Å². The molecular weight excluding hydrogens is 791 g/mol. The van der Waals surface area contributed by atoms with Crippen molar-refractivity contribution in [3.63, 3.8) is 0 Å². The third-order valence-corrected chi connectivity index (χ3v) is 12.4. The SMILES string of the molecule is c1ccc(N(c2ccccc2)c2ccc(-c3ccc4c(c3)c3cc(-c5ccc(N(c6ccccc6)c6ccccc6)cc5)ccc3n4-c3ccnc4c3ccc3cccnc34)cc2)cc1. The molecule has 0 saturated carbocycles. The van der Waals surface area contributed by atoms with E-state index in [0.717, 1.165) is 94.9 Å². The van der Waals surface area contributed by atoms with Gasteiger partial charge in [0.15, 0.2) is 0 Å². The molecule has 0 N–H and O–H groups in total. The first-order valence-corrected chi connectivity index (χ1v) is 22.0. The highest BCUT2D eigenvalue weighted by molar-refractivity contribution is 6.14. The number of para-hydroxylation sites is 4. The minimum absolute atomic E-state index is 0.893. The summed E-state index contributed by atoms with van der Waals surface area (Å²) in [5, 5.41) is 4.49. The third kappa shape index (κ3) is 6.83. The lowest BCUT2D eigenvalue weighted by Crippen LogP contribution is -2.09. The Morgan fingerprint density at radius 2 is 0.708 bits per heavy atom. The molecule has 5 heteroatoms. The lowest BCUT2D eigenvalue weighted by molar-refractivity contribution is 1.18. The van der Waals surface area contributed by atoms with Gasteiger partial charge in [-0.3, -0.25) is 9.97 Å². The fraction of sp³-hybridized carbons (Fsp3) is 0. The van der Waals surface area contributed by atoms with Crippen LogP contribution in [0.4, 0.5) is 34.1 Å². The van der Waals surface area contributed by atoms with Crippen LogP contribution in [0.2, 0.25) is 0 Å². The van der Waals surface area contributed by atoms with Gasteiger partial charge in [-0.15, -0.1) is 0 Å². The van der Waals surface area contributed by atoms with Crippen molar-refractivity contribution in [2.45, 2.75) is 0 Å². The minimum Gasteiger partial charge on any atom is -0.311 e. The molecule has 12 rings (SSSR count). The Morgan fingerprint density at radius 1 is 0.292 bits per heavy atom. The van der Waals surface area contributed by atoms with E-state index in [1.165, 1.54) is 10.8 Å². The van der Waals surface area contributed by atoms with Gasteiger partial charge in [0.05, 0.1) is 27.8 Å². The minimum atomic E-state index is 0.893. The molecule has 0 bridgehead atoms. The fourth-order valence-corrected chi connectivity index (χ4v) is 9.38. The molecule has 12 aromatic rings. The van der Waals surface area contributed by atoms with Gasteiger partial charge >= 0.3 is 0 Å². The van der Waals surface area contributed by atoms with Crippen LogP contribution in [0.5, 0.6) is 0 Å². The Bertz CT molecular complexity index is 3360. The van der Waals surface area contributed by atoms with Crippen LogP contribution in [0.25, 0.3) is 71.6 Å². The van der Waals surface area contributed by atoms with E-state index in [1.54, 1.807) is 0 Å². The van der Waals surface area contributed by atoms with Crippen LogP contribution in [0, 0.1) is 0 Å². The lowest BCUT2D eigenvalue weighted by atomic mass is 9.99. The number of pyridine rings is 2. The standard InChI is InChI=1S/C60H41N5/c1-5-15-47(16-6-1)63(48-17-7-2-8-18-48)51-30-23-42(24-31-51)45-28-35-56-54(40-45)55-41-46(43-25-32-52(33-26-43)64(49-19-9-3-10-20-49)50-21-11-4-12-22-50)29-36-57(55)65(56)58-37-39-62-60-53(58)34-27-44-14-13-38-61-59(44)60/h1-41H. The van der Waals surface area contributed by atoms with Crippen LogP contribution in [0.15, 0.2) is 249 Å². The van der Waals surface area contributed by atoms with E-state index in [9.17, 15) is 0 Å². The molecule has 0 aliphatic heterocycles. The molecule has 0 unspecified atom stereocenters. The van der Waals surface area contributed by atoms with Crippen LogP contribution >= 0.6 is 0 Å². The van der Waals surface area contributed by atoms with Crippen molar-refractivity contribution in [1.82, 2.24) is 14.5 Å². The molecule has 0 fully saturated rings. The van der Waals surface area contributed by atoms with Gasteiger partial charge in [0.1, 0.15) is 0 Å². The number of anilines is 6. The van der Waals surface area contributed by atoms with E-state index in [4.69, 9.17) is 9.97 Å². The number of aromatic nitrogens is 3. The first-order chi connectivity index (χ1) is 32.2. The summed E-state index contributed by atoms with van der Waals surface area (Å²) < 4.78 is 2.40. The molecule has 0 spiro atoms. The second-order valence-corrected chi connectivity index (χ2v) is 16.3. The summed E-state index contributed by atoms with van der Waals surface area (Å²) in [6, 6.07) is 84.4. The highest BCUT2D eigenvalue weighted by atomic mass is 15.1. The van der Waals surface area contributed by atoms with Crippen molar-refractivity contribution in [3.05, 3.63) is 249 Å². The first kappa shape index (κ1) is 37.9. The summed E-state index contributed by atoms with van der Waals surface area (Å²) in [6.45, 7) is 0. The molecule has 0 atom stereocenters. The molecule has 5 nitrogen and oxygen atoms in total. The average molecular weight is 832 g/mol. The number of hydrogen-bond donors (Lipinski definition) is 0. The molecule has 9 aromatic carbocycles. The van der Waals surface area contributed by atoms with E-state index in [2.05, 4.69) is 245 Å². The van der Waals surface area contributed by atoms with Crippen LogP contribution < -0.4 is 9.80 Å². The van der Waals surface area contributed by atoms with Gasteiger partial charge in [0.2, 0.25) is 0 Å². The Hall–Kier alpha value is -8.80. The predicted octanol–water partition coefficient (Wildman–Crippen LogP) is 16.2. The largest absolute Gasteiger partial charge is 0.311 e. The molecule has 65 heavy (non-hydrogen) atoms. The molecule has 3 aromatic heterocycles. The van der Waals surface area contributed by atoms with Crippen molar-refractivity contribution in [1.29, 1.82) is 0 Å². The Balaban J connectivity index is 0.996. The van der Waals surface area contributed by atoms with Gasteiger partial charge in [0.25, 0.3) is 0 Å². The van der Waals surface area contributed by atoms with Gasteiger partial charge in [-0.05, 0) is 138 Å². The van der Waals surface area contributed by atoms with E-state index in [0.29, 0.717) is 0 Å². The number of benzene rings is 9. The lowest BCUT2D eigenvalue weighted by Gasteiger charge is -2.25. The summed E-state index contributed by atoms with van der Waals surface area (Å²) >= 11 is 0. The van der Waals surface area contributed by atoms with Crippen LogP contribution in [0.3, 0.4) is 0 Å². The topological polar surface area (TPSA) is 37.2 Å². The molecule has 0 saturated heterocycles. The summed E-state index contributed by atoms with van der Waals surface area (Å²) in [7, 11) is 0. The second-order valence-electron chi connectivity index (χ2n) is 16.3. The first-order valence-electron chi connectivity index (χ1n) is 22.0.